The highest BCUT2D eigenvalue weighted by Crippen LogP contribution is 2.22. The van der Waals surface area contributed by atoms with Crippen molar-refractivity contribution in [2.75, 3.05) is 20.1 Å². The lowest BCUT2D eigenvalue weighted by Gasteiger charge is -2.26. The van der Waals surface area contributed by atoms with Crippen molar-refractivity contribution in [2.45, 2.75) is 73.1 Å². The molecule has 1 heterocycles. The van der Waals surface area contributed by atoms with Crippen molar-refractivity contribution < 1.29 is 4.52 Å². The fourth-order valence-corrected chi connectivity index (χ4v) is 2.82. The quantitative estimate of drug-likeness (QED) is 0.385. The summed E-state index contributed by atoms with van der Waals surface area (Å²) < 4.78 is 5.20. The molecule has 0 amide bonds. The Morgan fingerprint density at radius 2 is 1.92 bits per heavy atom. The summed E-state index contributed by atoms with van der Waals surface area (Å²) in [5, 5.41) is 10.9. The first-order valence-corrected chi connectivity index (χ1v) is 9.26. The second-order valence-corrected chi connectivity index (χ2v) is 7.38. The van der Waals surface area contributed by atoms with E-state index in [1.54, 1.807) is 0 Å². The standard InChI is InChI=1S/C19H36N4O/c1-7-8-9-12-19(4,5)14-22-18(20-6)21-13-10-11-17-15(2)23-24-16(17)3/h7-14H2,1-6H3,(H2,20,21,22). The molecule has 0 aromatic carbocycles. The maximum atomic E-state index is 5.20. The van der Waals surface area contributed by atoms with E-state index in [1.807, 2.05) is 20.9 Å². The van der Waals surface area contributed by atoms with Crippen LogP contribution in [0.4, 0.5) is 0 Å². The van der Waals surface area contributed by atoms with Gasteiger partial charge in [-0.2, -0.15) is 0 Å². The number of hydrogen-bond acceptors (Lipinski definition) is 3. The molecule has 1 aromatic rings. The van der Waals surface area contributed by atoms with E-state index in [4.69, 9.17) is 4.52 Å². The van der Waals surface area contributed by atoms with Crippen molar-refractivity contribution in [3.05, 3.63) is 17.0 Å². The fourth-order valence-electron chi connectivity index (χ4n) is 2.82. The van der Waals surface area contributed by atoms with Crippen LogP contribution in [0.1, 0.15) is 69.9 Å². The molecule has 24 heavy (non-hydrogen) atoms. The van der Waals surface area contributed by atoms with E-state index in [0.29, 0.717) is 5.41 Å². The van der Waals surface area contributed by atoms with Gasteiger partial charge in [0.1, 0.15) is 5.76 Å². The summed E-state index contributed by atoms with van der Waals surface area (Å²) in [6.45, 7) is 12.7. The monoisotopic (exact) mass is 336 g/mol. The molecule has 0 aliphatic rings. The average Bonchev–Trinajstić information content (AvgIpc) is 2.86. The average molecular weight is 337 g/mol. The Kier molecular flexibility index (Phi) is 8.87. The van der Waals surface area contributed by atoms with Crippen LogP contribution < -0.4 is 10.6 Å². The summed E-state index contributed by atoms with van der Waals surface area (Å²) in [5.41, 5.74) is 2.53. The first kappa shape index (κ1) is 20.5. The van der Waals surface area contributed by atoms with Crippen LogP contribution in [0.2, 0.25) is 0 Å². The number of aryl methyl sites for hydroxylation is 2. The molecule has 0 radical (unpaired) electrons. The largest absolute Gasteiger partial charge is 0.361 e. The van der Waals surface area contributed by atoms with Crippen LogP contribution in [0.25, 0.3) is 0 Å². The maximum absolute atomic E-state index is 5.20. The first-order valence-electron chi connectivity index (χ1n) is 9.26. The first-order chi connectivity index (χ1) is 11.4. The van der Waals surface area contributed by atoms with Crippen LogP contribution in [0, 0.1) is 19.3 Å². The van der Waals surface area contributed by atoms with Crippen molar-refractivity contribution in [1.29, 1.82) is 0 Å². The van der Waals surface area contributed by atoms with E-state index in [2.05, 4.69) is 41.6 Å². The van der Waals surface area contributed by atoms with Gasteiger partial charge in [0.05, 0.1) is 5.69 Å². The van der Waals surface area contributed by atoms with Gasteiger partial charge in [-0.15, -0.1) is 0 Å². The molecule has 1 aromatic heterocycles. The number of aliphatic imine (C=N–C) groups is 1. The molecule has 0 bridgehead atoms. The van der Waals surface area contributed by atoms with Crippen molar-refractivity contribution in [3.8, 4) is 0 Å². The SMILES string of the molecule is CCCCCC(C)(C)CNC(=NC)NCCCc1c(C)noc1C. The Morgan fingerprint density at radius 1 is 1.17 bits per heavy atom. The van der Waals surface area contributed by atoms with Gasteiger partial charge in [0.25, 0.3) is 0 Å². The van der Waals surface area contributed by atoms with E-state index in [9.17, 15) is 0 Å². The normalized spacial score (nSPS) is 12.5. The number of unbranched alkanes of at least 4 members (excludes halogenated alkanes) is 2. The third kappa shape index (κ3) is 7.37. The zero-order chi connectivity index (χ0) is 18.0. The Morgan fingerprint density at radius 3 is 2.50 bits per heavy atom. The third-order valence-electron chi connectivity index (χ3n) is 4.49. The number of guanidine groups is 1. The summed E-state index contributed by atoms with van der Waals surface area (Å²) in [5.74, 6) is 1.82. The molecule has 2 N–H and O–H groups in total. The van der Waals surface area contributed by atoms with Crippen molar-refractivity contribution in [2.24, 2.45) is 10.4 Å². The number of hydrogen-bond donors (Lipinski definition) is 2. The minimum absolute atomic E-state index is 0.295. The zero-order valence-corrected chi connectivity index (χ0v) is 16.5. The second-order valence-electron chi connectivity index (χ2n) is 7.38. The maximum Gasteiger partial charge on any atom is 0.190 e. The highest BCUT2D eigenvalue weighted by atomic mass is 16.5. The van der Waals surface area contributed by atoms with E-state index in [1.165, 1.54) is 31.2 Å². The van der Waals surface area contributed by atoms with Crippen LogP contribution in [-0.4, -0.2) is 31.3 Å². The van der Waals surface area contributed by atoms with E-state index >= 15 is 0 Å². The van der Waals surface area contributed by atoms with Crippen molar-refractivity contribution >= 4 is 5.96 Å². The van der Waals surface area contributed by atoms with Crippen LogP contribution in [0.15, 0.2) is 9.52 Å². The Labute approximate surface area is 147 Å². The zero-order valence-electron chi connectivity index (χ0n) is 16.5. The summed E-state index contributed by atoms with van der Waals surface area (Å²) >= 11 is 0. The Bertz CT molecular complexity index is 486. The second kappa shape index (κ2) is 10.4. The molecule has 0 saturated carbocycles. The molecule has 0 fully saturated rings. The van der Waals surface area contributed by atoms with Gasteiger partial charge < -0.3 is 15.2 Å². The third-order valence-corrected chi connectivity index (χ3v) is 4.49. The molecule has 5 heteroatoms. The lowest BCUT2D eigenvalue weighted by atomic mass is 9.87. The summed E-state index contributed by atoms with van der Waals surface area (Å²) in [7, 11) is 1.83. The molecule has 0 saturated heterocycles. The summed E-state index contributed by atoms with van der Waals surface area (Å²) in [6.07, 6.45) is 7.15. The van der Waals surface area contributed by atoms with Gasteiger partial charge in [-0.1, -0.05) is 45.2 Å². The number of aromatic nitrogens is 1. The molecule has 138 valence electrons. The van der Waals surface area contributed by atoms with Crippen molar-refractivity contribution in [3.63, 3.8) is 0 Å². The van der Waals surface area contributed by atoms with Gasteiger partial charge in [0.15, 0.2) is 5.96 Å². The molecular weight excluding hydrogens is 300 g/mol. The number of rotatable bonds is 10. The molecule has 0 spiro atoms. The Hall–Kier alpha value is -1.52. The van der Waals surface area contributed by atoms with Crippen LogP contribution >= 0.6 is 0 Å². The molecule has 0 unspecified atom stereocenters. The van der Waals surface area contributed by atoms with Crippen LogP contribution in [0.3, 0.4) is 0 Å². The van der Waals surface area contributed by atoms with Gasteiger partial charge in [0.2, 0.25) is 0 Å². The number of nitrogens with zero attached hydrogens (tertiary/aromatic N) is 2. The van der Waals surface area contributed by atoms with Gasteiger partial charge in [-0.3, -0.25) is 4.99 Å². The lowest BCUT2D eigenvalue weighted by Crippen LogP contribution is -2.42. The molecule has 5 nitrogen and oxygen atoms in total. The fraction of sp³-hybridized carbons (Fsp3) is 0.789. The molecule has 1 rings (SSSR count). The predicted molar refractivity (Wildman–Crippen MR) is 102 cm³/mol. The molecular formula is C19H36N4O. The van der Waals surface area contributed by atoms with Gasteiger partial charge in [-0.05, 0) is 38.5 Å². The smallest absolute Gasteiger partial charge is 0.190 e. The van der Waals surface area contributed by atoms with Gasteiger partial charge in [-0.25, -0.2) is 0 Å². The van der Waals surface area contributed by atoms with E-state index in [0.717, 1.165) is 43.3 Å². The van der Waals surface area contributed by atoms with Crippen LogP contribution in [0.5, 0.6) is 0 Å². The lowest BCUT2D eigenvalue weighted by molar-refractivity contribution is 0.318. The number of nitrogens with one attached hydrogen (secondary N) is 2. The van der Waals surface area contributed by atoms with E-state index in [-0.39, 0.29) is 0 Å². The summed E-state index contributed by atoms with van der Waals surface area (Å²) in [6, 6.07) is 0. The summed E-state index contributed by atoms with van der Waals surface area (Å²) in [4.78, 5) is 4.32. The van der Waals surface area contributed by atoms with Crippen molar-refractivity contribution in [1.82, 2.24) is 15.8 Å². The highest BCUT2D eigenvalue weighted by Gasteiger charge is 2.17. The minimum atomic E-state index is 0.295. The van der Waals surface area contributed by atoms with E-state index < -0.39 is 0 Å². The highest BCUT2D eigenvalue weighted by molar-refractivity contribution is 5.79. The predicted octanol–water partition coefficient (Wildman–Crippen LogP) is 4.00. The molecule has 0 atom stereocenters. The minimum Gasteiger partial charge on any atom is -0.361 e. The van der Waals surface area contributed by atoms with Gasteiger partial charge in [0, 0.05) is 25.7 Å². The molecule has 0 aliphatic carbocycles. The van der Waals surface area contributed by atoms with Crippen LogP contribution in [-0.2, 0) is 6.42 Å². The topological polar surface area (TPSA) is 62.5 Å². The van der Waals surface area contributed by atoms with Gasteiger partial charge >= 0.3 is 0 Å². The molecule has 0 aliphatic heterocycles. The Balaban J connectivity index is 2.27.